The van der Waals surface area contributed by atoms with Crippen molar-refractivity contribution in [2.45, 2.75) is 25.4 Å². The minimum atomic E-state index is -0.0386. The average Bonchev–Trinajstić information content (AvgIpc) is 3.10. The fourth-order valence-corrected chi connectivity index (χ4v) is 3.73. The second kappa shape index (κ2) is 7.37. The SMILES string of the molecule is O=C(c1cnccn1)N1CCC2(CC1)COC(COc1cccnc1)C2. The highest BCUT2D eigenvalue weighted by molar-refractivity contribution is 5.92. The molecule has 4 rings (SSSR count). The highest BCUT2D eigenvalue weighted by atomic mass is 16.5. The van der Waals surface area contributed by atoms with Gasteiger partial charge in [-0.05, 0) is 36.8 Å². The number of piperidine rings is 1. The van der Waals surface area contributed by atoms with Crippen molar-refractivity contribution in [3.8, 4) is 5.75 Å². The summed E-state index contributed by atoms with van der Waals surface area (Å²) in [6.07, 6.45) is 11.0. The Labute approximate surface area is 152 Å². The van der Waals surface area contributed by atoms with Crippen LogP contribution in [0.4, 0.5) is 0 Å². The molecular formula is C19H22N4O3. The number of carbonyl (C=O) groups is 1. The lowest BCUT2D eigenvalue weighted by Gasteiger charge is -2.38. The van der Waals surface area contributed by atoms with Crippen LogP contribution in [0.1, 0.15) is 29.8 Å². The van der Waals surface area contributed by atoms with Gasteiger partial charge in [-0.3, -0.25) is 14.8 Å². The van der Waals surface area contributed by atoms with Gasteiger partial charge in [-0.15, -0.1) is 0 Å². The molecule has 0 aliphatic carbocycles. The van der Waals surface area contributed by atoms with Crippen LogP contribution in [-0.4, -0.2) is 58.2 Å². The van der Waals surface area contributed by atoms with E-state index in [2.05, 4.69) is 15.0 Å². The van der Waals surface area contributed by atoms with E-state index in [4.69, 9.17) is 9.47 Å². The van der Waals surface area contributed by atoms with Crippen LogP contribution in [0.2, 0.25) is 0 Å². The lowest BCUT2D eigenvalue weighted by Crippen LogP contribution is -2.43. The number of ether oxygens (including phenoxy) is 2. The lowest BCUT2D eigenvalue weighted by atomic mass is 9.76. The molecule has 1 atom stereocenters. The van der Waals surface area contributed by atoms with Gasteiger partial charge in [0.1, 0.15) is 18.1 Å². The minimum absolute atomic E-state index is 0.0386. The van der Waals surface area contributed by atoms with Crippen molar-refractivity contribution in [1.82, 2.24) is 19.9 Å². The first-order valence-corrected chi connectivity index (χ1v) is 8.94. The first kappa shape index (κ1) is 16.9. The van der Waals surface area contributed by atoms with Crippen LogP contribution >= 0.6 is 0 Å². The van der Waals surface area contributed by atoms with Gasteiger partial charge < -0.3 is 14.4 Å². The molecule has 26 heavy (non-hydrogen) atoms. The molecule has 2 aliphatic rings. The highest BCUT2D eigenvalue weighted by Gasteiger charge is 2.43. The monoisotopic (exact) mass is 354 g/mol. The fraction of sp³-hybridized carbons (Fsp3) is 0.474. The lowest BCUT2D eigenvalue weighted by molar-refractivity contribution is 0.0424. The van der Waals surface area contributed by atoms with Gasteiger partial charge in [-0.1, -0.05) is 0 Å². The molecular weight excluding hydrogens is 332 g/mol. The predicted molar refractivity (Wildman–Crippen MR) is 93.7 cm³/mol. The van der Waals surface area contributed by atoms with Gasteiger partial charge in [-0.25, -0.2) is 4.98 Å². The van der Waals surface area contributed by atoms with Gasteiger partial charge >= 0.3 is 0 Å². The van der Waals surface area contributed by atoms with Crippen LogP contribution in [-0.2, 0) is 4.74 Å². The molecule has 0 radical (unpaired) electrons. The molecule has 0 aromatic carbocycles. The summed E-state index contributed by atoms with van der Waals surface area (Å²) in [6.45, 7) is 2.74. The standard InChI is InChI=1S/C19H22N4O3/c24-18(17-12-21-6-7-22-17)23-8-3-19(4-9-23)10-16(26-14-19)13-25-15-2-1-5-20-11-15/h1-2,5-7,11-12,16H,3-4,8-10,13-14H2. The van der Waals surface area contributed by atoms with E-state index in [-0.39, 0.29) is 17.4 Å². The van der Waals surface area contributed by atoms with Gasteiger partial charge in [0, 0.05) is 31.7 Å². The van der Waals surface area contributed by atoms with Crippen LogP contribution < -0.4 is 4.74 Å². The van der Waals surface area contributed by atoms with E-state index in [9.17, 15) is 4.79 Å². The van der Waals surface area contributed by atoms with E-state index in [0.29, 0.717) is 12.3 Å². The van der Waals surface area contributed by atoms with Crippen LogP contribution in [0.25, 0.3) is 0 Å². The molecule has 1 spiro atoms. The van der Waals surface area contributed by atoms with E-state index in [1.807, 2.05) is 17.0 Å². The summed E-state index contributed by atoms with van der Waals surface area (Å²) in [5.41, 5.74) is 0.566. The normalized spacial score (nSPS) is 21.7. The summed E-state index contributed by atoms with van der Waals surface area (Å²) in [4.78, 5) is 26.5. The van der Waals surface area contributed by atoms with Crippen LogP contribution in [0.5, 0.6) is 5.75 Å². The second-order valence-corrected chi connectivity index (χ2v) is 7.02. The molecule has 0 bridgehead atoms. The smallest absolute Gasteiger partial charge is 0.274 e. The Morgan fingerprint density at radius 2 is 2.08 bits per heavy atom. The zero-order valence-corrected chi connectivity index (χ0v) is 14.6. The predicted octanol–water partition coefficient (Wildman–Crippen LogP) is 1.96. The van der Waals surface area contributed by atoms with Crippen LogP contribution in [0.3, 0.4) is 0 Å². The molecule has 7 nitrogen and oxygen atoms in total. The second-order valence-electron chi connectivity index (χ2n) is 7.02. The number of amides is 1. The van der Waals surface area contributed by atoms with E-state index in [0.717, 1.165) is 44.7 Å². The first-order chi connectivity index (χ1) is 12.7. The molecule has 1 unspecified atom stereocenters. The number of rotatable bonds is 4. The van der Waals surface area contributed by atoms with E-state index < -0.39 is 0 Å². The van der Waals surface area contributed by atoms with Gasteiger partial charge in [-0.2, -0.15) is 0 Å². The average molecular weight is 354 g/mol. The Kier molecular flexibility index (Phi) is 4.79. The fourth-order valence-electron chi connectivity index (χ4n) is 3.73. The topological polar surface area (TPSA) is 77.4 Å². The minimum Gasteiger partial charge on any atom is -0.489 e. The Bertz CT molecular complexity index is 733. The van der Waals surface area contributed by atoms with E-state index in [1.54, 1.807) is 24.8 Å². The van der Waals surface area contributed by atoms with Crippen molar-refractivity contribution in [2.24, 2.45) is 5.41 Å². The maximum Gasteiger partial charge on any atom is 0.274 e. The van der Waals surface area contributed by atoms with E-state index >= 15 is 0 Å². The molecule has 0 saturated carbocycles. The summed E-state index contributed by atoms with van der Waals surface area (Å²) in [6, 6.07) is 3.75. The first-order valence-electron chi connectivity index (χ1n) is 8.94. The Morgan fingerprint density at radius 3 is 2.81 bits per heavy atom. The van der Waals surface area contributed by atoms with Crippen molar-refractivity contribution in [1.29, 1.82) is 0 Å². The molecule has 7 heteroatoms. The molecule has 4 heterocycles. The molecule has 2 aromatic rings. The number of aromatic nitrogens is 3. The van der Waals surface area contributed by atoms with Crippen molar-refractivity contribution >= 4 is 5.91 Å². The van der Waals surface area contributed by atoms with Gasteiger partial charge in [0.05, 0.1) is 25.1 Å². The van der Waals surface area contributed by atoms with Gasteiger partial charge in [0.15, 0.2) is 0 Å². The zero-order chi connectivity index (χ0) is 17.8. The number of hydrogen-bond donors (Lipinski definition) is 0. The molecule has 2 aromatic heterocycles. The largest absolute Gasteiger partial charge is 0.489 e. The summed E-state index contributed by atoms with van der Waals surface area (Å²) in [7, 11) is 0. The Hall–Kier alpha value is -2.54. The molecule has 136 valence electrons. The molecule has 2 saturated heterocycles. The maximum absolute atomic E-state index is 12.5. The van der Waals surface area contributed by atoms with Crippen molar-refractivity contribution in [2.75, 3.05) is 26.3 Å². The number of nitrogens with zero attached hydrogens (tertiary/aromatic N) is 4. The quantitative estimate of drug-likeness (QED) is 0.835. The van der Waals surface area contributed by atoms with E-state index in [1.165, 1.54) is 6.20 Å². The maximum atomic E-state index is 12.5. The highest BCUT2D eigenvalue weighted by Crippen LogP contribution is 2.42. The number of carbonyl (C=O) groups excluding carboxylic acids is 1. The van der Waals surface area contributed by atoms with Crippen molar-refractivity contribution in [3.63, 3.8) is 0 Å². The Balaban J connectivity index is 1.28. The van der Waals surface area contributed by atoms with Crippen molar-refractivity contribution in [3.05, 3.63) is 48.8 Å². The third kappa shape index (κ3) is 3.67. The third-order valence-electron chi connectivity index (χ3n) is 5.25. The molecule has 1 amide bonds. The summed E-state index contributed by atoms with van der Waals surface area (Å²) < 4.78 is 11.8. The number of likely N-dealkylation sites (tertiary alicyclic amines) is 1. The van der Waals surface area contributed by atoms with Crippen molar-refractivity contribution < 1.29 is 14.3 Å². The van der Waals surface area contributed by atoms with Gasteiger partial charge in [0.2, 0.25) is 0 Å². The molecule has 2 aliphatic heterocycles. The van der Waals surface area contributed by atoms with Gasteiger partial charge in [0.25, 0.3) is 5.91 Å². The van der Waals surface area contributed by atoms with Crippen LogP contribution in [0, 0.1) is 5.41 Å². The summed E-state index contributed by atoms with van der Waals surface area (Å²) >= 11 is 0. The molecule has 0 N–H and O–H groups in total. The Morgan fingerprint density at radius 1 is 1.23 bits per heavy atom. The zero-order valence-electron chi connectivity index (χ0n) is 14.6. The summed E-state index contributed by atoms with van der Waals surface area (Å²) in [5, 5.41) is 0. The number of hydrogen-bond acceptors (Lipinski definition) is 6. The van der Waals surface area contributed by atoms with Crippen LogP contribution in [0.15, 0.2) is 43.1 Å². The third-order valence-corrected chi connectivity index (χ3v) is 5.25. The number of pyridine rings is 1. The molecule has 2 fully saturated rings. The summed E-state index contributed by atoms with van der Waals surface area (Å²) in [5.74, 6) is 0.727.